The van der Waals surface area contributed by atoms with Crippen molar-refractivity contribution in [1.29, 1.82) is 0 Å². The van der Waals surface area contributed by atoms with Crippen molar-refractivity contribution in [2.45, 2.75) is 24.0 Å². The number of hydrogen-bond acceptors (Lipinski definition) is 1. The molecule has 16 heavy (non-hydrogen) atoms. The number of benzene rings is 2. The van der Waals surface area contributed by atoms with E-state index in [9.17, 15) is 0 Å². The van der Waals surface area contributed by atoms with Gasteiger partial charge >= 0.3 is 0 Å². The van der Waals surface area contributed by atoms with Crippen LogP contribution in [0.5, 0.6) is 0 Å². The summed E-state index contributed by atoms with van der Waals surface area (Å²) in [6.45, 7) is 4.49. The highest BCUT2D eigenvalue weighted by Gasteiger charge is 2.15. The molecule has 1 aliphatic rings. The van der Waals surface area contributed by atoms with Gasteiger partial charge < -0.3 is 0 Å². The minimum Gasteiger partial charge on any atom is -0.118 e. The molecular weight excluding hydrogens is 212 g/mol. The maximum atomic E-state index is 2.32. The molecule has 0 amide bonds. The van der Waals surface area contributed by atoms with Crippen molar-refractivity contribution < 1.29 is 0 Å². The molecule has 1 atom stereocenters. The summed E-state index contributed by atoms with van der Waals surface area (Å²) in [5.74, 6) is 0. The average molecular weight is 226 g/mol. The summed E-state index contributed by atoms with van der Waals surface area (Å²) >= 11 is 1.97. The second-order valence-corrected chi connectivity index (χ2v) is 5.77. The van der Waals surface area contributed by atoms with Gasteiger partial charge in [-0.1, -0.05) is 35.9 Å². The number of thioether (sulfide) groups is 1. The molecule has 0 nitrogen and oxygen atoms in total. The molecule has 0 bridgehead atoms. The number of rotatable bonds is 0. The third-order valence-corrected chi connectivity index (χ3v) is 4.54. The molecule has 0 fully saturated rings. The highest BCUT2D eigenvalue weighted by Crippen LogP contribution is 2.38. The van der Waals surface area contributed by atoms with Gasteiger partial charge in [0.15, 0.2) is 0 Å². The van der Waals surface area contributed by atoms with Gasteiger partial charge in [-0.2, -0.15) is 0 Å². The van der Waals surface area contributed by atoms with E-state index in [0.717, 1.165) is 0 Å². The lowest BCUT2D eigenvalue weighted by Gasteiger charge is -2.20. The van der Waals surface area contributed by atoms with Gasteiger partial charge in [0.2, 0.25) is 0 Å². The van der Waals surface area contributed by atoms with E-state index in [2.05, 4.69) is 56.3 Å². The van der Waals surface area contributed by atoms with Gasteiger partial charge in [0.25, 0.3) is 0 Å². The molecular formula is C15H14S. The summed E-state index contributed by atoms with van der Waals surface area (Å²) < 4.78 is 0. The van der Waals surface area contributed by atoms with Crippen LogP contribution >= 0.6 is 11.8 Å². The second kappa shape index (κ2) is 3.67. The van der Waals surface area contributed by atoms with Crippen LogP contribution < -0.4 is 0 Å². The molecule has 1 aliphatic heterocycles. The third-order valence-electron chi connectivity index (χ3n) is 3.21. The Bertz CT molecular complexity index is 581. The zero-order valence-electron chi connectivity index (χ0n) is 9.53. The fourth-order valence-corrected chi connectivity index (χ4v) is 3.18. The van der Waals surface area contributed by atoms with E-state index >= 15 is 0 Å². The van der Waals surface area contributed by atoms with Crippen LogP contribution in [0.4, 0.5) is 0 Å². The third kappa shape index (κ3) is 1.56. The molecule has 1 heteroatoms. The van der Waals surface area contributed by atoms with E-state index in [1.54, 1.807) is 0 Å². The molecule has 0 saturated carbocycles. The summed E-state index contributed by atoms with van der Waals surface area (Å²) in [7, 11) is 0. The van der Waals surface area contributed by atoms with Crippen LogP contribution in [0, 0.1) is 0 Å². The Balaban J connectivity index is 2.26. The predicted molar refractivity (Wildman–Crippen MR) is 72.9 cm³/mol. The molecule has 0 spiro atoms. The summed E-state index contributed by atoms with van der Waals surface area (Å²) in [5.41, 5.74) is 2.84. The zero-order valence-corrected chi connectivity index (χ0v) is 10.3. The maximum Gasteiger partial charge on any atom is 0.0276 e. The van der Waals surface area contributed by atoms with Crippen molar-refractivity contribution in [2.75, 3.05) is 0 Å². The smallest absolute Gasteiger partial charge is 0.0276 e. The molecule has 0 N–H and O–H groups in total. The Kier molecular flexibility index (Phi) is 2.29. The summed E-state index contributed by atoms with van der Waals surface area (Å²) in [4.78, 5) is 1.41. The molecule has 2 aromatic carbocycles. The molecule has 0 radical (unpaired) electrons. The van der Waals surface area contributed by atoms with Crippen LogP contribution in [0.2, 0.25) is 0 Å². The van der Waals surface area contributed by atoms with Crippen LogP contribution in [-0.2, 0) is 0 Å². The molecule has 2 aromatic rings. The summed E-state index contributed by atoms with van der Waals surface area (Å²) in [5, 5.41) is 3.28. The minimum absolute atomic E-state index is 0.605. The van der Waals surface area contributed by atoms with Crippen LogP contribution in [0.3, 0.4) is 0 Å². The zero-order chi connectivity index (χ0) is 11.1. The SMILES string of the molecule is CC1=Cc2cc3ccccc3cc2SC1C. The van der Waals surface area contributed by atoms with E-state index in [1.165, 1.54) is 26.8 Å². The first-order valence-electron chi connectivity index (χ1n) is 5.62. The van der Waals surface area contributed by atoms with E-state index in [4.69, 9.17) is 0 Å². The molecule has 0 aromatic heterocycles. The van der Waals surface area contributed by atoms with Crippen LogP contribution in [0.15, 0.2) is 46.9 Å². The van der Waals surface area contributed by atoms with E-state index < -0.39 is 0 Å². The van der Waals surface area contributed by atoms with Crippen LogP contribution in [0.1, 0.15) is 19.4 Å². The van der Waals surface area contributed by atoms with Gasteiger partial charge in [-0.25, -0.2) is 0 Å². The van der Waals surface area contributed by atoms with Crippen molar-refractivity contribution in [3.8, 4) is 0 Å². The van der Waals surface area contributed by atoms with Crippen LogP contribution in [0.25, 0.3) is 16.8 Å². The lowest BCUT2D eigenvalue weighted by Crippen LogP contribution is -2.03. The Hall–Kier alpha value is -1.21. The van der Waals surface area contributed by atoms with E-state index in [0.29, 0.717) is 5.25 Å². The normalized spacial score (nSPS) is 19.4. The molecule has 3 rings (SSSR count). The van der Waals surface area contributed by atoms with Crippen molar-refractivity contribution in [1.82, 2.24) is 0 Å². The monoisotopic (exact) mass is 226 g/mol. The molecule has 1 unspecified atom stereocenters. The van der Waals surface area contributed by atoms with E-state index in [1.807, 2.05) is 11.8 Å². The van der Waals surface area contributed by atoms with E-state index in [-0.39, 0.29) is 0 Å². The second-order valence-electron chi connectivity index (χ2n) is 4.39. The van der Waals surface area contributed by atoms with Gasteiger partial charge in [-0.3, -0.25) is 0 Å². The Labute approximate surface area is 100 Å². The van der Waals surface area contributed by atoms with Crippen molar-refractivity contribution in [3.05, 3.63) is 47.5 Å². The lowest BCUT2D eigenvalue weighted by molar-refractivity contribution is 1.11. The van der Waals surface area contributed by atoms with Crippen LogP contribution in [-0.4, -0.2) is 5.25 Å². The van der Waals surface area contributed by atoms with Crippen molar-refractivity contribution in [2.24, 2.45) is 0 Å². The summed E-state index contributed by atoms with van der Waals surface area (Å²) in [6.07, 6.45) is 2.32. The highest BCUT2D eigenvalue weighted by atomic mass is 32.2. The molecule has 0 aliphatic carbocycles. The maximum absolute atomic E-state index is 2.32. The Morgan fingerprint density at radius 1 is 1.06 bits per heavy atom. The molecule has 1 heterocycles. The quantitative estimate of drug-likeness (QED) is 0.625. The Morgan fingerprint density at radius 3 is 2.50 bits per heavy atom. The predicted octanol–water partition coefficient (Wildman–Crippen LogP) is 4.74. The molecule has 0 saturated heterocycles. The topological polar surface area (TPSA) is 0 Å². The fraction of sp³-hybridized carbons (Fsp3) is 0.200. The molecule has 80 valence electrons. The first kappa shape index (κ1) is 9.98. The van der Waals surface area contributed by atoms with Gasteiger partial charge in [0, 0.05) is 10.1 Å². The Morgan fingerprint density at radius 2 is 1.75 bits per heavy atom. The highest BCUT2D eigenvalue weighted by molar-refractivity contribution is 8.00. The largest absolute Gasteiger partial charge is 0.118 e. The number of hydrogen-bond donors (Lipinski definition) is 0. The van der Waals surface area contributed by atoms with Gasteiger partial charge in [0.1, 0.15) is 0 Å². The van der Waals surface area contributed by atoms with Gasteiger partial charge in [-0.05, 0) is 42.3 Å². The lowest BCUT2D eigenvalue weighted by atomic mass is 10.0. The van der Waals surface area contributed by atoms with Gasteiger partial charge in [-0.15, -0.1) is 11.8 Å². The number of fused-ring (bicyclic) bond motifs is 2. The average Bonchev–Trinajstić information content (AvgIpc) is 2.28. The van der Waals surface area contributed by atoms with Crippen molar-refractivity contribution >= 4 is 28.6 Å². The minimum atomic E-state index is 0.605. The first-order valence-corrected chi connectivity index (χ1v) is 6.49. The fourth-order valence-electron chi connectivity index (χ4n) is 2.10. The summed E-state index contributed by atoms with van der Waals surface area (Å²) in [6, 6.07) is 13.2. The first-order chi connectivity index (χ1) is 7.74. The standard InChI is InChI=1S/C15H14S/c1-10-7-14-8-12-5-3-4-6-13(12)9-15(14)16-11(10)2/h3-9,11H,1-2H3. The van der Waals surface area contributed by atoms with Crippen molar-refractivity contribution in [3.63, 3.8) is 0 Å². The van der Waals surface area contributed by atoms with Gasteiger partial charge in [0.05, 0.1) is 0 Å².